The van der Waals surface area contributed by atoms with Crippen molar-refractivity contribution in [1.82, 2.24) is 9.73 Å². The number of benzene rings is 2. The molecule has 0 bridgehead atoms. The lowest BCUT2D eigenvalue weighted by atomic mass is 10.2. The van der Waals surface area contributed by atoms with Crippen LogP contribution in [0.1, 0.15) is 29.8 Å². The molecule has 0 saturated carbocycles. The number of sulfonamides is 1. The second-order valence-electron chi connectivity index (χ2n) is 5.61. The molecule has 1 amide bonds. The summed E-state index contributed by atoms with van der Waals surface area (Å²) in [6.45, 7) is 4.28. The second-order valence-corrected chi connectivity index (χ2v) is 7.54. The van der Waals surface area contributed by atoms with Crippen molar-refractivity contribution < 1.29 is 13.2 Å². The van der Waals surface area contributed by atoms with Gasteiger partial charge >= 0.3 is 0 Å². The lowest BCUT2D eigenvalue weighted by Gasteiger charge is -2.18. The van der Waals surface area contributed by atoms with Gasteiger partial charge in [0.15, 0.2) is 0 Å². The normalized spacial score (nSPS) is 12.1. The number of carbonyl (C=O) groups excluding carboxylic acids is 1. The number of amides is 1. The van der Waals surface area contributed by atoms with Crippen LogP contribution in [-0.4, -0.2) is 37.9 Å². The van der Waals surface area contributed by atoms with Gasteiger partial charge in [-0.3, -0.25) is 4.79 Å². The van der Waals surface area contributed by atoms with Crippen molar-refractivity contribution in [1.29, 1.82) is 0 Å². The number of nitrogens with one attached hydrogen (secondary N) is 1. The lowest BCUT2D eigenvalue weighted by molar-refractivity contribution is 0.0955. The van der Waals surface area contributed by atoms with Gasteiger partial charge in [-0.05, 0) is 29.8 Å². The van der Waals surface area contributed by atoms with Gasteiger partial charge in [-0.25, -0.2) is 13.8 Å². The zero-order valence-electron chi connectivity index (χ0n) is 15.4. The summed E-state index contributed by atoms with van der Waals surface area (Å²) in [5, 5.41) is 3.85. The summed E-state index contributed by atoms with van der Waals surface area (Å²) in [5.41, 5.74) is 3.64. The van der Waals surface area contributed by atoms with E-state index >= 15 is 0 Å². The van der Waals surface area contributed by atoms with Crippen LogP contribution in [0.25, 0.3) is 6.08 Å². The van der Waals surface area contributed by atoms with Crippen LogP contribution in [0.15, 0.2) is 70.7 Å². The van der Waals surface area contributed by atoms with Gasteiger partial charge < -0.3 is 0 Å². The smallest absolute Gasteiger partial charge is 0.267 e. The van der Waals surface area contributed by atoms with Crippen molar-refractivity contribution in [3.05, 3.63) is 71.8 Å². The molecule has 0 spiro atoms. The van der Waals surface area contributed by atoms with E-state index in [0.29, 0.717) is 13.1 Å². The van der Waals surface area contributed by atoms with E-state index in [-0.39, 0.29) is 10.5 Å². The molecular weight excluding hydrogens is 362 g/mol. The second kappa shape index (κ2) is 9.80. The Hall–Kier alpha value is -2.77. The summed E-state index contributed by atoms with van der Waals surface area (Å²) < 4.78 is 26.5. The topological polar surface area (TPSA) is 78.8 Å². The Bertz CT molecular complexity index is 918. The van der Waals surface area contributed by atoms with Crippen molar-refractivity contribution in [2.75, 3.05) is 13.1 Å². The highest BCUT2D eigenvalue weighted by Crippen LogP contribution is 2.17. The zero-order valence-corrected chi connectivity index (χ0v) is 16.2. The maximum atomic E-state index is 12.6. The third-order valence-electron chi connectivity index (χ3n) is 3.85. The van der Waals surface area contributed by atoms with Crippen molar-refractivity contribution >= 4 is 28.2 Å². The van der Waals surface area contributed by atoms with E-state index in [9.17, 15) is 13.2 Å². The Balaban J connectivity index is 2.05. The average Bonchev–Trinajstić information content (AvgIpc) is 2.69. The van der Waals surface area contributed by atoms with Crippen molar-refractivity contribution in [2.45, 2.75) is 18.7 Å². The summed E-state index contributed by atoms with van der Waals surface area (Å²) in [7, 11) is -3.61. The maximum Gasteiger partial charge on any atom is 0.271 e. The van der Waals surface area contributed by atoms with E-state index in [0.717, 1.165) is 5.56 Å². The molecule has 142 valence electrons. The van der Waals surface area contributed by atoms with Crippen molar-refractivity contribution in [2.24, 2.45) is 5.10 Å². The first-order chi connectivity index (χ1) is 13.0. The van der Waals surface area contributed by atoms with Gasteiger partial charge in [0.05, 0.1) is 4.90 Å². The summed E-state index contributed by atoms with van der Waals surface area (Å²) in [6.07, 6.45) is 5.02. The number of allylic oxidation sites excluding steroid dienone is 1. The highest BCUT2D eigenvalue weighted by atomic mass is 32.2. The van der Waals surface area contributed by atoms with Crippen LogP contribution in [0.5, 0.6) is 0 Å². The number of hydrogen-bond donors (Lipinski definition) is 1. The number of hydrazone groups is 1. The SMILES string of the molecule is CCN(CC)S(=O)(=O)c1cccc(C(=O)N/N=C\C=C\c2ccccc2)c1. The van der Waals surface area contributed by atoms with Crippen LogP contribution in [0.2, 0.25) is 0 Å². The summed E-state index contributed by atoms with van der Waals surface area (Å²) in [4.78, 5) is 12.3. The predicted octanol–water partition coefficient (Wildman–Crippen LogP) is 3.15. The number of carbonyl (C=O) groups is 1. The van der Waals surface area contributed by atoms with E-state index in [4.69, 9.17) is 0 Å². The molecule has 0 fully saturated rings. The number of nitrogens with zero attached hydrogens (tertiary/aromatic N) is 2. The fourth-order valence-corrected chi connectivity index (χ4v) is 3.94. The molecule has 6 nitrogen and oxygen atoms in total. The van der Waals surface area contributed by atoms with E-state index in [2.05, 4.69) is 10.5 Å². The molecule has 2 aromatic carbocycles. The van der Waals surface area contributed by atoms with Gasteiger partial charge in [0, 0.05) is 24.9 Å². The summed E-state index contributed by atoms with van der Waals surface area (Å²) >= 11 is 0. The first kappa shape index (κ1) is 20.5. The molecule has 2 aromatic rings. The highest BCUT2D eigenvalue weighted by Gasteiger charge is 2.22. The molecule has 0 unspecified atom stereocenters. The quantitative estimate of drug-likeness (QED) is 0.560. The molecule has 0 atom stereocenters. The third-order valence-corrected chi connectivity index (χ3v) is 5.90. The highest BCUT2D eigenvalue weighted by molar-refractivity contribution is 7.89. The zero-order chi connectivity index (χ0) is 19.7. The average molecular weight is 385 g/mol. The van der Waals surface area contributed by atoms with E-state index in [1.807, 2.05) is 36.4 Å². The van der Waals surface area contributed by atoms with Gasteiger partial charge in [-0.2, -0.15) is 9.41 Å². The number of hydrogen-bond acceptors (Lipinski definition) is 4. The van der Waals surface area contributed by atoms with Gasteiger partial charge in [-0.1, -0.05) is 56.3 Å². The van der Waals surface area contributed by atoms with Gasteiger partial charge in [-0.15, -0.1) is 0 Å². The molecule has 0 heterocycles. The molecule has 0 aliphatic carbocycles. The monoisotopic (exact) mass is 385 g/mol. The minimum Gasteiger partial charge on any atom is -0.267 e. The van der Waals surface area contributed by atoms with E-state index in [1.54, 1.807) is 32.1 Å². The first-order valence-corrected chi connectivity index (χ1v) is 10.1. The van der Waals surface area contributed by atoms with Crippen LogP contribution in [0.4, 0.5) is 0 Å². The van der Waals surface area contributed by atoms with Gasteiger partial charge in [0.25, 0.3) is 5.91 Å². The fraction of sp³-hybridized carbons (Fsp3) is 0.200. The van der Waals surface area contributed by atoms with Gasteiger partial charge in [0.1, 0.15) is 0 Å². The minimum absolute atomic E-state index is 0.0896. The fourth-order valence-electron chi connectivity index (χ4n) is 2.43. The summed E-state index contributed by atoms with van der Waals surface area (Å²) in [6, 6.07) is 15.6. The Kier molecular flexibility index (Phi) is 7.45. The van der Waals surface area contributed by atoms with Gasteiger partial charge in [0.2, 0.25) is 10.0 Å². The largest absolute Gasteiger partial charge is 0.271 e. The van der Waals surface area contributed by atoms with Crippen LogP contribution in [-0.2, 0) is 10.0 Å². The standard InChI is InChI=1S/C20H23N3O3S/c1-3-23(4-2)27(25,26)19-14-8-13-18(16-19)20(24)22-21-15-9-12-17-10-6-5-7-11-17/h5-16H,3-4H2,1-2H3,(H,22,24)/b12-9+,21-15-. The van der Waals surface area contributed by atoms with Crippen molar-refractivity contribution in [3.8, 4) is 0 Å². The molecule has 7 heteroatoms. The molecular formula is C20H23N3O3S. The molecule has 0 aromatic heterocycles. The van der Waals surface area contributed by atoms with Crippen LogP contribution < -0.4 is 5.43 Å². The molecule has 1 N–H and O–H groups in total. The van der Waals surface area contributed by atoms with Crippen LogP contribution >= 0.6 is 0 Å². The Morgan fingerprint density at radius 2 is 1.78 bits per heavy atom. The Labute approximate surface area is 160 Å². The molecule has 0 aliphatic rings. The molecule has 0 saturated heterocycles. The first-order valence-electron chi connectivity index (χ1n) is 8.64. The number of rotatable bonds is 8. The Morgan fingerprint density at radius 1 is 1.07 bits per heavy atom. The van der Waals surface area contributed by atoms with Crippen molar-refractivity contribution in [3.63, 3.8) is 0 Å². The summed E-state index contributed by atoms with van der Waals surface area (Å²) in [5.74, 6) is -0.476. The van der Waals surface area contributed by atoms with E-state index < -0.39 is 15.9 Å². The lowest BCUT2D eigenvalue weighted by Crippen LogP contribution is -2.30. The molecule has 2 rings (SSSR count). The molecule has 0 radical (unpaired) electrons. The molecule has 0 aliphatic heterocycles. The molecule has 27 heavy (non-hydrogen) atoms. The third kappa shape index (κ3) is 5.60. The Morgan fingerprint density at radius 3 is 2.44 bits per heavy atom. The van der Waals surface area contributed by atoms with E-state index in [1.165, 1.54) is 22.7 Å². The van der Waals surface area contributed by atoms with Crippen LogP contribution in [0, 0.1) is 0 Å². The predicted molar refractivity (Wildman–Crippen MR) is 108 cm³/mol. The minimum atomic E-state index is -3.61. The van der Waals surface area contributed by atoms with Crippen LogP contribution in [0.3, 0.4) is 0 Å². The maximum absolute atomic E-state index is 12.6.